The molecular formula is C11H15BrN6. The summed E-state index contributed by atoms with van der Waals surface area (Å²) in [5.74, 6) is 2.61. The summed E-state index contributed by atoms with van der Waals surface area (Å²) in [4.78, 5) is 0. The number of nitrogens with zero attached hydrogens (tertiary/aromatic N) is 4. The zero-order valence-electron chi connectivity index (χ0n) is 9.93. The molecule has 0 amide bonds. The lowest BCUT2D eigenvalue weighted by Gasteiger charge is -2.54. The highest BCUT2D eigenvalue weighted by Gasteiger charge is 2.52. The summed E-state index contributed by atoms with van der Waals surface area (Å²) in [7, 11) is 0. The van der Waals surface area contributed by atoms with Gasteiger partial charge in [-0.25, -0.2) is 5.43 Å². The van der Waals surface area contributed by atoms with Gasteiger partial charge in [0.05, 0.1) is 0 Å². The zero-order chi connectivity index (χ0) is 12.2. The standard InChI is InChI=1S/C11H15BrN6/c12-11-3-6-1-7(4-11)9(8(2-6)5-11)13-14-10-15-17-18-16-10/h6-8H,1-5H2,(H2,14,15,16,17,18)/t6?,7-,8-,11?/m0/s1. The van der Waals surface area contributed by atoms with Gasteiger partial charge in [0.15, 0.2) is 0 Å². The minimum atomic E-state index is 0.397. The molecule has 4 aliphatic carbocycles. The molecule has 1 heterocycles. The van der Waals surface area contributed by atoms with E-state index in [1.165, 1.54) is 37.8 Å². The number of H-pyrrole nitrogens is 1. The maximum absolute atomic E-state index is 4.56. The minimum Gasteiger partial charge on any atom is -0.243 e. The van der Waals surface area contributed by atoms with Crippen molar-refractivity contribution in [1.29, 1.82) is 0 Å². The summed E-state index contributed by atoms with van der Waals surface area (Å²) in [5, 5.41) is 18.2. The number of tetrazole rings is 1. The number of hydrogen-bond acceptors (Lipinski definition) is 5. The van der Waals surface area contributed by atoms with Crippen molar-refractivity contribution in [1.82, 2.24) is 20.6 Å². The van der Waals surface area contributed by atoms with Crippen LogP contribution in [0.4, 0.5) is 5.95 Å². The normalized spacial score (nSPS) is 41.2. The van der Waals surface area contributed by atoms with Crippen LogP contribution >= 0.6 is 15.9 Å². The average molecular weight is 311 g/mol. The summed E-state index contributed by atoms with van der Waals surface area (Å²) < 4.78 is 0.397. The van der Waals surface area contributed by atoms with Crippen LogP contribution in [-0.4, -0.2) is 30.7 Å². The highest BCUT2D eigenvalue weighted by molar-refractivity contribution is 9.10. The van der Waals surface area contributed by atoms with E-state index in [1.54, 1.807) is 0 Å². The number of hydrazone groups is 1. The fraction of sp³-hybridized carbons (Fsp3) is 0.818. The Labute approximate surface area is 113 Å². The van der Waals surface area contributed by atoms with E-state index in [-0.39, 0.29) is 0 Å². The highest BCUT2D eigenvalue weighted by Crippen LogP contribution is 2.57. The number of halogens is 1. The van der Waals surface area contributed by atoms with Gasteiger partial charge in [-0.3, -0.25) is 0 Å². The van der Waals surface area contributed by atoms with Gasteiger partial charge in [-0.2, -0.15) is 10.3 Å². The highest BCUT2D eigenvalue weighted by atomic mass is 79.9. The fourth-order valence-corrected chi connectivity index (χ4v) is 5.41. The van der Waals surface area contributed by atoms with Crippen LogP contribution in [0, 0.1) is 17.8 Å². The molecule has 4 saturated carbocycles. The molecule has 0 aliphatic heterocycles. The van der Waals surface area contributed by atoms with Crippen LogP contribution in [0.25, 0.3) is 0 Å². The van der Waals surface area contributed by atoms with Gasteiger partial charge in [-0.15, -0.1) is 5.10 Å². The number of hydrogen-bond donors (Lipinski definition) is 2. The van der Waals surface area contributed by atoms with E-state index >= 15 is 0 Å². The monoisotopic (exact) mass is 310 g/mol. The summed E-state index contributed by atoms with van der Waals surface area (Å²) in [6, 6.07) is 0. The zero-order valence-corrected chi connectivity index (χ0v) is 11.5. The van der Waals surface area contributed by atoms with Gasteiger partial charge in [0, 0.05) is 21.9 Å². The van der Waals surface area contributed by atoms with Crippen molar-refractivity contribution in [3.05, 3.63) is 0 Å². The van der Waals surface area contributed by atoms with Crippen molar-refractivity contribution >= 4 is 27.6 Å². The van der Waals surface area contributed by atoms with E-state index in [9.17, 15) is 0 Å². The number of aromatic amines is 1. The van der Waals surface area contributed by atoms with E-state index in [4.69, 9.17) is 0 Å². The Morgan fingerprint density at radius 3 is 2.67 bits per heavy atom. The second-order valence-corrected chi connectivity index (χ2v) is 7.56. The molecule has 4 aliphatic rings. The van der Waals surface area contributed by atoms with Gasteiger partial charge in [0.25, 0.3) is 5.95 Å². The predicted molar refractivity (Wildman–Crippen MR) is 70.4 cm³/mol. The molecule has 0 unspecified atom stereocenters. The molecule has 1 aromatic rings. The molecule has 0 radical (unpaired) electrons. The van der Waals surface area contributed by atoms with E-state index in [2.05, 4.69) is 47.1 Å². The number of rotatable bonds is 2. The Hall–Kier alpha value is -0.980. The minimum absolute atomic E-state index is 0.397. The number of anilines is 1. The molecule has 6 nitrogen and oxygen atoms in total. The lowest BCUT2D eigenvalue weighted by molar-refractivity contribution is 0.135. The van der Waals surface area contributed by atoms with Crippen molar-refractivity contribution in [2.24, 2.45) is 22.9 Å². The Balaban J connectivity index is 1.58. The third-order valence-corrected chi connectivity index (χ3v) is 5.55. The van der Waals surface area contributed by atoms with Crippen molar-refractivity contribution < 1.29 is 0 Å². The largest absolute Gasteiger partial charge is 0.283 e. The van der Waals surface area contributed by atoms with Crippen LogP contribution in [0.2, 0.25) is 0 Å². The summed E-state index contributed by atoms with van der Waals surface area (Å²) in [6.45, 7) is 0. The first-order valence-electron chi connectivity index (χ1n) is 6.48. The lowest BCUT2D eigenvalue weighted by atomic mass is 9.55. The smallest absolute Gasteiger partial charge is 0.243 e. The molecule has 0 spiro atoms. The van der Waals surface area contributed by atoms with Crippen LogP contribution in [0.1, 0.15) is 32.1 Å². The number of nitrogens with one attached hydrogen (secondary N) is 2. The van der Waals surface area contributed by atoms with Crippen molar-refractivity contribution in [3.8, 4) is 0 Å². The summed E-state index contributed by atoms with van der Waals surface area (Å²) in [6.07, 6.45) is 6.41. The van der Waals surface area contributed by atoms with E-state index in [0.29, 0.717) is 22.1 Å². The molecule has 4 fully saturated rings. The molecule has 4 bridgehead atoms. The van der Waals surface area contributed by atoms with Crippen molar-refractivity contribution in [2.45, 2.75) is 36.4 Å². The van der Waals surface area contributed by atoms with Crippen LogP contribution in [0.5, 0.6) is 0 Å². The topological polar surface area (TPSA) is 78.9 Å². The average Bonchev–Trinajstić information content (AvgIpc) is 2.78. The second kappa shape index (κ2) is 3.76. The van der Waals surface area contributed by atoms with Gasteiger partial charge in [-0.1, -0.05) is 21.0 Å². The Kier molecular flexibility index (Phi) is 2.27. The van der Waals surface area contributed by atoms with Crippen LogP contribution in [0.3, 0.4) is 0 Å². The maximum atomic E-state index is 4.56. The SMILES string of the molecule is BrC12CC3C[C@@H](C1)C(=NNc1nn[nH]n1)[C@@H](C3)C2. The molecule has 2 atom stereocenters. The van der Waals surface area contributed by atoms with Crippen molar-refractivity contribution in [2.75, 3.05) is 5.43 Å². The molecule has 96 valence electrons. The molecule has 0 aromatic carbocycles. The maximum Gasteiger partial charge on any atom is 0.283 e. The fourth-order valence-electron chi connectivity index (χ4n) is 4.18. The third kappa shape index (κ3) is 1.67. The van der Waals surface area contributed by atoms with Crippen LogP contribution < -0.4 is 5.43 Å². The first kappa shape index (κ1) is 10.9. The molecule has 18 heavy (non-hydrogen) atoms. The number of alkyl halides is 1. The first-order chi connectivity index (χ1) is 8.72. The van der Waals surface area contributed by atoms with Crippen molar-refractivity contribution in [3.63, 3.8) is 0 Å². The van der Waals surface area contributed by atoms with E-state index in [1.807, 2.05) is 0 Å². The second-order valence-electron chi connectivity index (χ2n) is 5.88. The molecular weight excluding hydrogens is 296 g/mol. The van der Waals surface area contributed by atoms with Gasteiger partial charge < -0.3 is 0 Å². The molecule has 1 aromatic heterocycles. The van der Waals surface area contributed by atoms with Gasteiger partial charge >= 0.3 is 0 Å². The molecule has 0 saturated heterocycles. The van der Waals surface area contributed by atoms with Gasteiger partial charge in [-0.05, 0) is 43.2 Å². The quantitative estimate of drug-likeness (QED) is 0.646. The Morgan fingerprint density at radius 1 is 1.28 bits per heavy atom. The molecule has 5 rings (SSSR count). The van der Waals surface area contributed by atoms with Crippen LogP contribution in [0.15, 0.2) is 5.10 Å². The Morgan fingerprint density at radius 2 is 2.06 bits per heavy atom. The summed E-state index contributed by atoms with van der Waals surface area (Å²) in [5.41, 5.74) is 4.25. The van der Waals surface area contributed by atoms with Gasteiger partial charge in [0.1, 0.15) is 0 Å². The first-order valence-corrected chi connectivity index (χ1v) is 7.27. The summed E-state index contributed by atoms with van der Waals surface area (Å²) >= 11 is 3.96. The molecule has 2 N–H and O–H groups in total. The number of aromatic nitrogens is 4. The molecule has 7 heteroatoms. The Bertz CT molecular complexity index is 466. The lowest BCUT2D eigenvalue weighted by Crippen LogP contribution is -2.52. The van der Waals surface area contributed by atoms with E-state index in [0.717, 1.165) is 5.92 Å². The third-order valence-electron chi connectivity index (χ3n) is 4.58. The van der Waals surface area contributed by atoms with E-state index < -0.39 is 0 Å². The van der Waals surface area contributed by atoms with Crippen LogP contribution in [-0.2, 0) is 0 Å². The van der Waals surface area contributed by atoms with Gasteiger partial charge in [0.2, 0.25) is 0 Å². The predicted octanol–water partition coefficient (Wildman–Crippen LogP) is 1.94.